The van der Waals surface area contributed by atoms with Gasteiger partial charge in [-0.15, -0.1) is 0 Å². The first-order chi connectivity index (χ1) is 9.32. The van der Waals surface area contributed by atoms with Gasteiger partial charge in [0.05, 0.1) is 10.6 Å². The molecule has 9 heteroatoms. The lowest BCUT2D eigenvalue weighted by Crippen LogP contribution is -2.07. The number of aromatic nitrogens is 2. The maximum atomic E-state index is 11.5. The molecule has 6 nitrogen and oxygen atoms in total. The van der Waals surface area contributed by atoms with Crippen LogP contribution < -0.4 is 0 Å². The number of sulfone groups is 1. The van der Waals surface area contributed by atoms with Crippen LogP contribution in [0.15, 0.2) is 16.7 Å². The summed E-state index contributed by atoms with van der Waals surface area (Å²) < 4.78 is 27.9. The number of aromatic hydroxyl groups is 1. The fraction of sp³-hybridized carbons (Fsp3) is 0.273. The second-order valence-corrected chi connectivity index (χ2v) is 7.17. The molecule has 0 saturated carbocycles. The highest BCUT2D eigenvalue weighted by Crippen LogP contribution is 2.37. The largest absolute Gasteiger partial charge is 0.506 e. The number of benzene rings is 1. The van der Waals surface area contributed by atoms with Crippen LogP contribution in [0.5, 0.6) is 5.75 Å². The Kier molecular flexibility index (Phi) is 4.22. The summed E-state index contributed by atoms with van der Waals surface area (Å²) in [6.45, 7) is 1.53. The highest BCUT2D eigenvalue weighted by atomic mass is 35.5. The second-order valence-electron chi connectivity index (χ2n) is 3.98. The fourth-order valence-corrected chi connectivity index (χ4v) is 2.66. The van der Waals surface area contributed by atoms with Crippen molar-refractivity contribution in [3.63, 3.8) is 0 Å². The second kappa shape index (κ2) is 5.59. The van der Waals surface area contributed by atoms with Gasteiger partial charge in [0.2, 0.25) is 0 Å². The van der Waals surface area contributed by atoms with E-state index in [4.69, 9.17) is 27.7 Å². The zero-order valence-electron chi connectivity index (χ0n) is 10.3. The predicted molar refractivity (Wildman–Crippen MR) is 74.6 cm³/mol. The molecule has 1 aromatic heterocycles. The van der Waals surface area contributed by atoms with Crippen LogP contribution >= 0.6 is 23.2 Å². The predicted octanol–water partition coefficient (Wildman–Crippen LogP) is 2.68. The van der Waals surface area contributed by atoms with E-state index in [-0.39, 0.29) is 44.6 Å². The molecule has 0 bridgehead atoms. The number of rotatable bonds is 4. The fourth-order valence-electron chi connectivity index (χ4n) is 1.45. The van der Waals surface area contributed by atoms with Crippen LogP contribution in [0.2, 0.25) is 10.0 Å². The lowest BCUT2D eigenvalue weighted by Gasteiger charge is -2.02. The summed E-state index contributed by atoms with van der Waals surface area (Å²) in [7, 11) is -3.27. The zero-order chi connectivity index (χ0) is 14.9. The SMILES string of the molecule is CCS(=O)(=O)Cc1noc(-c2cc(Cl)cc(Cl)c2O)n1. The molecule has 20 heavy (non-hydrogen) atoms. The Bertz CT molecular complexity index is 743. The minimum absolute atomic E-state index is 0.0114. The molecule has 0 unspecified atom stereocenters. The molecular weight excluding hydrogens is 327 g/mol. The summed E-state index contributed by atoms with van der Waals surface area (Å²) in [5.74, 6) is -0.650. The van der Waals surface area contributed by atoms with Gasteiger partial charge in [-0.25, -0.2) is 8.42 Å². The van der Waals surface area contributed by atoms with Gasteiger partial charge in [-0.1, -0.05) is 35.3 Å². The minimum Gasteiger partial charge on any atom is -0.506 e. The number of halogens is 2. The third kappa shape index (κ3) is 3.23. The molecule has 0 aliphatic carbocycles. The van der Waals surface area contributed by atoms with Gasteiger partial charge in [0.1, 0.15) is 11.5 Å². The van der Waals surface area contributed by atoms with Gasteiger partial charge in [0, 0.05) is 10.8 Å². The summed E-state index contributed by atoms with van der Waals surface area (Å²) in [5, 5.41) is 13.7. The number of nitrogens with zero attached hydrogens (tertiary/aromatic N) is 2. The monoisotopic (exact) mass is 336 g/mol. The van der Waals surface area contributed by atoms with Crippen LogP contribution in [0.3, 0.4) is 0 Å². The van der Waals surface area contributed by atoms with Crippen LogP contribution in [-0.4, -0.2) is 29.4 Å². The third-order valence-corrected chi connectivity index (χ3v) is 4.60. The normalized spacial score (nSPS) is 11.8. The topological polar surface area (TPSA) is 93.3 Å². The molecule has 0 aliphatic rings. The van der Waals surface area contributed by atoms with Crippen molar-refractivity contribution >= 4 is 33.0 Å². The van der Waals surface area contributed by atoms with Crippen molar-refractivity contribution in [2.45, 2.75) is 12.7 Å². The van der Waals surface area contributed by atoms with Crippen LogP contribution in [0.1, 0.15) is 12.7 Å². The number of hydrogen-bond donors (Lipinski definition) is 1. The van der Waals surface area contributed by atoms with Gasteiger partial charge in [0.25, 0.3) is 5.89 Å². The molecule has 2 rings (SSSR count). The molecule has 0 saturated heterocycles. The Morgan fingerprint density at radius 3 is 2.70 bits per heavy atom. The van der Waals surface area contributed by atoms with E-state index >= 15 is 0 Å². The lowest BCUT2D eigenvalue weighted by molar-refractivity contribution is 0.419. The van der Waals surface area contributed by atoms with E-state index < -0.39 is 9.84 Å². The van der Waals surface area contributed by atoms with Crippen LogP contribution in [0.25, 0.3) is 11.5 Å². The summed E-state index contributed by atoms with van der Waals surface area (Å²) in [6.07, 6.45) is 0. The maximum Gasteiger partial charge on any atom is 0.261 e. The van der Waals surface area contributed by atoms with E-state index in [1.165, 1.54) is 19.1 Å². The van der Waals surface area contributed by atoms with Gasteiger partial charge in [-0.2, -0.15) is 4.98 Å². The molecule has 2 aromatic rings. The molecule has 0 fully saturated rings. The average molecular weight is 337 g/mol. The van der Waals surface area contributed by atoms with Crippen molar-refractivity contribution in [1.82, 2.24) is 10.1 Å². The van der Waals surface area contributed by atoms with E-state index in [1.54, 1.807) is 0 Å². The molecule has 0 spiro atoms. The van der Waals surface area contributed by atoms with Gasteiger partial charge in [-0.05, 0) is 12.1 Å². The highest BCUT2D eigenvalue weighted by Gasteiger charge is 2.19. The lowest BCUT2D eigenvalue weighted by atomic mass is 10.2. The van der Waals surface area contributed by atoms with E-state index in [0.29, 0.717) is 0 Å². The molecule has 0 atom stereocenters. The molecular formula is C11H10Cl2N2O4S. The van der Waals surface area contributed by atoms with Crippen LogP contribution in [-0.2, 0) is 15.6 Å². The average Bonchev–Trinajstić information content (AvgIpc) is 2.81. The van der Waals surface area contributed by atoms with Crippen molar-refractivity contribution < 1.29 is 18.0 Å². The van der Waals surface area contributed by atoms with Crippen molar-refractivity contribution in [1.29, 1.82) is 0 Å². The van der Waals surface area contributed by atoms with E-state index in [1.807, 2.05) is 0 Å². The quantitative estimate of drug-likeness (QED) is 0.922. The Balaban J connectivity index is 2.39. The van der Waals surface area contributed by atoms with E-state index in [2.05, 4.69) is 10.1 Å². The van der Waals surface area contributed by atoms with Gasteiger partial charge in [-0.3, -0.25) is 0 Å². The van der Waals surface area contributed by atoms with Crippen molar-refractivity contribution in [3.8, 4) is 17.2 Å². The minimum atomic E-state index is -3.27. The third-order valence-electron chi connectivity index (χ3n) is 2.52. The van der Waals surface area contributed by atoms with Gasteiger partial charge in [0.15, 0.2) is 15.7 Å². The first-order valence-electron chi connectivity index (χ1n) is 5.54. The van der Waals surface area contributed by atoms with Gasteiger partial charge < -0.3 is 9.63 Å². The standard InChI is InChI=1S/C11H10Cl2N2O4S/c1-2-20(17,18)5-9-14-11(19-15-9)7-3-6(12)4-8(13)10(7)16/h3-4,16H,2,5H2,1H3. The van der Waals surface area contributed by atoms with Crippen LogP contribution in [0, 0.1) is 0 Å². The van der Waals surface area contributed by atoms with Gasteiger partial charge >= 0.3 is 0 Å². The Labute approximate surface area is 125 Å². The number of phenolic OH excluding ortho intramolecular Hbond substituents is 1. The molecule has 1 aromatic carbocycles. The molecule has 1 N–H and O–H groups in total. The Hall–Kier alpha value is -1.31. The smallest absolute Gasteiger partial charge is 0.261 e. The summed E-state index contributed by atoms with van der Waals surface area (Å²) in [6, 6.07) is 2.76. The summed E-state index contributed by atoms with van der Waals surface area (Å²) in [4.78, 5) is 3.92. The first kappa shape index (κ1) is 15.1. The first-order valence-corrected chi connectivity index (χ1v) is 8.11. The Morgan fingerprint density at radius 1 is 1.35 bits per heavy atom. The molecule has 1 heterocycles. The summed E-state index contributed by atoms with van der Waals surface area (Å²) >= 11 is 11.6. The molecule has 0 aliphatic heterocycles. The van der Waals surface area contributed by atoms with Crippen molar-refractivity contribution in [3.05, 3.63) is 28.0 Å². The molecule has 0 radical (unpaired) electrons. The Morgan fingerprint density at radius 2 is 2.05 bits per heavy atom. The van der Waals surface area contributed by atoms with Crippen molar-refractivity contribution in [2.24, 2.45) is 0 Å². The highest BCUT2D eigenvalue weighted by molar-refractivity contribution is 7.90. The molecule has 0 amide bonds. The molecule has 108 valence electrons. The summed E-state index contributed by atoms with van der Waals surface area (Å²) in [5.41, 5.74) is 0.148. The maximum absolute atomic E-state index is 11.5. The van der Waals surface area contributed by atoms with Crippen molar-refractivity contribution in [2.75, 3.05) is 5.75 Å². The zero-order valence-corrected chi connectivity index (χ0v) is 12.6. The van der Waals surface area contributed by atoms with E-state index in [9.17, 15) is 13.5 Å². The number of phenols is 1. The van der Waals surface area contributed by atoms with Crippen LogP contribution in [0.4, 0.5) is 0 Å². The number of hydrogen-bond acceptors (Lipinski definition) is 6. The van der Waals surface area contributed by atoms with E-state index in [0.717, 1.165) is 0 Å².